The van der Waals surface area contributed by atoms with Crippen LogP contribution in [0.15, 0.2) is 59.1 Å². The number of hydrogen-bond donors (Lipinski definition) is 2. The van der Waals surface area contributed by atoms with Crippen LogP contribution >= 0.6 is 11.8 Å². The zero-order valence-electron chi connectivity index (χ0n) is 16.4. The molecule has 0 aliphatic carbocycles. The maximum Gasteiger partial charge on any atom is 0.416 e. The number of nitriles is 1. The summed E-state index contributed by atoms with van der Waals surface area (Å²) in [5.41, 5.74) is 1.31. The van der Waals surface area contributed by atoms with Crippen molar-refractivity contribution in [3.8, 4) is 6.07 Å². The topological polar surface area (TPSA) is 82.0 Å². The Labute approximate surface area is 181 Å². The van der Waals surface area contributed by atoms with Gasteiger partial charge < -0.3 is 10.6 Å². The zero-order valence-corrected chi connectivity index (χ0v) is 17.2. The summed E-state index contributed by atoms with van der Waals surface area (Å²) in [7, 11) is 0. The molecule has 31 heavy (non-hydrogen) atoms. The Balaban J connectivity index is 1.75. The number of hydrogen-bond acceptors (Lipinski definition) is 4. The summed E-state index contributed by atoms with van der Waals surface area (Å²) < 4.78 is 38.5. The molecule has 2 aromatic carbocycles. The molecule has 9 heteroatoms. The number of carbonyl (C=O) groups excluding carboxylic acids is 2. The van der Waals surface area contributed by atoms with Crippen LogP contribution in [0.2, 0.25) is 0 Å². The number of anilines is 1. The van der Waals surface area contributed by atoms with Crippen LogP contribution in [0.4, 0.5) is 18.9 Å². The van der Waals surface area contributed by atoms with Crippen molar-refractivity contribution in [3.05, 3.63) is 75.8 Å². The number of thioether (sulfide) groups is 1. The van der Waals surface area contributed by atoms with E-state index in [4.69, 9.17) is 0 Å². The van der Waals surface area contributed by atoms with Gasteiger partial charge in [-0.3, -0.25) is 9.59 Å². The molecule has 0 radical (unpaired) electrons. The van der Waals surface area contributed by atoms with Gasteiger partial charge in [-0.2, -0.15) is 18.4 Å². The van der Waals surface area contributed by atoms with E-state index in [0.29, 0.717) is 5.57 Å². The van der Waals surface area contributed by atoms with Gasteiger partial charge in [0.25, 0.3) is 0 Å². The summed E-state index contributed by atoms with van der Waals surface area (Å²) in [4.78, 5) is 24.5. The highest BCUT2D eigenvalue weighted by molar-refractivity contribution is 8.03. The van der Waals surface area contributed by atoms with Crippen molar-refractivity contribution < 1.29 is 22.8 Å². The average Bonchev–Trinajstić information content (AvgIpc) is 2.72. The predicted octanol–water partition coefficient (Wildman–Crippen LogP) is 4.72. The number of rotatable bonds is 5. The highest BCUT2D eigenvalue weighted by atomic mass is 32.2. The fraction of sp³-hybridized carbons (Fsp3) is 0.227. The van der Waals surface area contributed by atoms with Crippen LogP contribution in [-0.4, -0.2) is 17.6 Å². The number of allylic oxidation sites excluding steroid dienone is 1. The molecule has 0 aromatic heterocycles. The second kappa shape index (κ2) is 9.27. The largest absolute Gasteiger partial charge is 0.416 e. The summed E-state index contributed by atoms with van der Waals surface area (Å²) in [6.07, 6.45) is -4.40. The minimum Gasteiger partial charge on any atom is -0.325 e. The van der Waals surface area contributed by atoms with Gasteiger partial charge in [0.15, 0.2) is 0 Å². The van der Waals surface area contributed by atoms with Crippen LogP contribution in [0.5, 0.6) is 0 Å². The van der Waals surface area contributed by atoms with Gasteiger partial charge in [0.2, 0.25) is 11.8 Å². The number of aryl methyl sites for hydroxylation is 1. The molecule has 0 spiro atoms. The molecule has 0 saturated heterocycles. The molecule has 1 atom stereocenters. The molecule has 1 heterocycles. The molecule has 1 aliphatic heterocycles. The van der Waals surface area contributed by atoms with Crippen LogP contribution in [0.3, 0.4) is 0 Å². The van der Waals surface area contributed by atoms with Gasteiger partial charge in [0.1, 0.15) is 0 Å². The third-order valence-corrected chi connectivity index (χ3v) is 5.76. The van der Waals surface area contributed by atoms with Crippen LogP contribution in [0, 0.1) is 18.3 Å². The fourth-order valence-electron chi connectivity index (χ4n) is 3.28. The number of nitrogens with one attached hydrogen (secondary N) is 2. The Hall–Kier alpha value is -3.25. The first-order valence-electron chi connectivity index (χ1n) is 9.28. The number of halogens is 3. The van der Waals surface area contributed by atoms with E-state index >= 15 is 0 Å². The minimum atomic E-state index is -4.51. The molecule has 2 N–H and O–H groups in total. The van der Waals surface area contributed by atoms with Crippen molar-refractivity contribution in [3.63, 3.8) is 0 Å². The number of carbonyl (C=O) groups is 2. The molecule has 0 unspecified atom stereocenters. The lowest BCUT2D eigenvalue weighted by atomic mass is 9.85. The monoisotopic (exact) mass is 445 g/mol. The third kappa shape index (κ3) is 5.47. The number of nitrogens with zero attached hydrogens (tertiary/aromatic N) is 1. The molecule has 0 saturated carbocycles. The average molecular weight is 445 g/mol. The standard InChI is InChI=1S/C22H18F3N3O2S/c1-13-5-2-3-8-16(13)17-10-19(29)28-21(18(17)11-26)31-12-20(30)27-15-7-4-6-14(9-15)22(23,24)25/h2-9,17H,10,12H2,1H3,(H,27,30)(H,28,29)/t17-/m0/s1. The number of amides is 2. The van der Waals surface area contributed by atoms with E-state index in [1.807, 2.05) is 31.2 Å². The van der Waals surface area contributed by atoms with Crippen molar-refractivity contribution in [1.29, 1.82) is 5.26 Å². The van der Waals surface area contributed by atoms with E-state index in [1.165, 1.54) is 12.1 Å². The Morgan fingerprint density at radius 1 is 1.26 bits per heavy atom. The van der Waals surface area contributed by atoms with Gasteiger partial charge in [0.05, 0.1) is 28.0 Å². The smallest absolute Gasteiger partial charge is 0.325 e. The van der Waals surface area contributed by atoms with Crippen LogP contribution < -0.4 is 10.6 Å². The van der Waals surface area contributed by atoms with Gasteiger partial charge >= 0.3 is 6.18 Å². The van der Waals surface area contributed by atoms with Gasteiger partial charge in [0, 0.05) is 18.0 Å². The molecular weight excluding hydrogens is 427 g/mol. The molecule has 3 rings (SSSR count). The first-order valence-corrected chi connectivity index (χ1v) is 10.3. The highest BCUT2D eigenvalue weighted by Crippen LogP contribution is 2.37. The van der Waals surface area contributed by atoms with E-state index in [2.05, 4.69) is 16.7 Å². The molecule has 1 aliphatic rings. The van der Waals surface area contributed by atoms with E-state index in [9.17, 15) is 28.0 Å². The Morgan fingerprint density at radius 3 is 2.68 bits per heavy atom. The van der Waals surface area contributed by atoms with Gasteiger partial charge in [-0.25, -0.2) is 0 Å². The summed E-state index contributed by atoms with van der Waals surface area (Å²) in [6.45, 7) is 1.90. The van der Waals surface area contributed by atoms with Gasteiger partial charge in [-0.15, -0.1) is 0 Å². The molecule has 2 amide bonds. The van der Waals surface area contributed by atoms with Crippen molar-refractivity contribution >= 4 is 29.3 Å². The van der Waals surface area contributed by atoms with Gasteiger partial charge in [-0.05, 0) is 36.2 Å². The number of alkyl halides is 3. The second-order valence-electron chi connectivity index (χ2n) is 6.93. The van der Waals surface area contributed by atoms with E-state index in [-0.39, 0.29) is 28.8 Å². The third-order valence-electron chi connectivity index (χ3n) is 4.74. The van der Waals surface area contributed by atoms with Crippen molar-refractivity contribution in [2.75, 3.05) is 11.1 Å². The lowest BCUT2D eigenvalue weighted by Gasteiger charge is -2.26. The van der Waals surface area contributed by atoms with Crippen molar-refractivity contribution in [2.24, 2.45) is 0 Å². The molecule has 0 bridgehead atoms. The lowest BCUT2D eigenvalue weighted by Crippen LogP contribution is -2.31. The highest BCUT2D eigenvalue weighted by Gasteiger charge is 2.31. The SMILES string of the molecule is Cc1ccccc1[C@@H]1CC(=O)NC(SCC(=O)Nc2cccc(C(F)(F)F)c2)=C1C#N. The van der Waals surface area contributed by atoms with Gasteiger partial charge in [-0.1, -0.05) is 42.1 Å². The fourth-order valence-corrected chi connectivity index (χ4v) is 4.16. The molecular formula is C22H18F3N3O2S. The maximum atomic E-state index is 12.8. The lowest BCUT2D eigenvalue weighted by molar-refractivity contribution is -0.137. The summed E-state index contributed by atoms with van der Waals surface area (Å²) in [6, 6.07) is 13.9. The van der Waals surface area contributed by atoms with E-state index in [1.54, 1.807) is 0 Å². The minimum absolute atomic E-state index is 0.0142. The predicted molar refractivity (Wildman–Crippen MR) is 112 cm³/mol. The Bertz CT molecular complexity index is 1090. The van der Waals surface area contributed by atoms with Crippen molar-refractivity contribution in [2.45, 2.75) is 25.4 Å². The Morgan fingerprint density at radius 2 is 2.00 bits per heavy atom. The molecule has 0 fully saturated rings. The normalized spacial score (nSPS) is 16.5. The second-order valence-corrected chi connectivity index (χ2v) is 7.92. The molecule has 5 nitrogen and oxygen atoms in total. The molecule has 160 valence electrons. The molecule has 2 aromatic rings. The van der Waals surface area contributed by atoms with Crippen LogP contribution in [0.25, 0.3) is 0 Å². The Kier molecular flexibility index (Phi) is 6.71. The summed E-state index contributed by atoms with van der Waals surface area (Å²) >= 11 is 0.966. The van der Waals surface area contributed by atoms with E-state index in [0.717, 1.165) is 35.0 Å². The quantitative estimate of drug-likeness (QED) is 0.698. The first kappa shape index (κ1) is 22.4. The first-order chi connectivity index (χ1) is 14.7. The summed E-state index contributed by atoms with van der Waals surface area (Å²) in [5.74, 6) is -1.43. The number of benzene rings is 2. The van der Waals surface area contributed by atoms with Crippen LogP contribution in [0.1, 0.15) is 29.0 Å². The summed E-state index contributed by atoms with van der Waals surface area (Å²) in [5, 5.41) is 15.0. The van der Waals surface area contributed by atoms with E-state index < -0.39 is 23.6 Å². The maximum absolute atomic E-state index is 12.8. The van der Waals surface area contributed by atoms with Crippen molar-refractivity contribution in [1.82, 2.24) is 5.32 Å². The zero-order chi connectivity index (χ0) is 22.6. The van der Waals surface area contributed by atoms with Crippen LogP contribution in [-0.2, 0) is 15.8 Å².